The maximum atomic E-state index is 5.38. The number of pyridine rings is 1. The van der Waals surface area contributed by atoms with Crippen LogP contribution in [-0.4, -0.2) is 21.7 Å². The lowest BCUT2D eigenvalue weighted by atomic mass is 10.1. The van der Waals surface area contributed by atoms with Crippen molar-refractivity contribution < 1.29 is 4.52 Å². The Balaban J connectivity index is 1.71. The maximum absolute atomic E-state index is 5.38. The molecular formula is C15H14N4O. The first-order chi connectivity index (χ1) is 9.90. The molecule has 4 rings (SSSR count). The SMILES string of the molecule is c1cnc2ccc(-c3noc([C@@H]4CCCN4)n3)cc2c1. The predicted octanol–water partition coefficient (Wildman–Crippen LogP) is 2.71. The summed E-state index contributed by atoms with van der Waals surface area (Å²) < 4.78 is 5.38. The van der Waals surface area contributed by atoms with E-state index < -0.39 is 0 Å². The highest BCUT2D eigenvalue weighted by Crippen LogP contribution is 2.25. The highest BCUT2D eigenvalue weighted by molar-refractivity contribution is 5.82. The van der Waals surface area contributed by atoms with E-state index in [1.165, 1.54) is 0 Å². The van der Waals surface area contributed by atoms with E-state index in [0.717, 1.165) is 35.9 Å². The molecule has 0 unspecified atom stereocenters. The molecule has 3 heterocycles. The highest BCUT2D eigenvalue weighted by atomic mass is 16.5. The predicted molar refractivity (Wildman–Crippen MR) is 75.0 cm³/mol. The second-order valence-corrected chi connectivity index (χ2v) is 5.02. The summed E-state index contributed by atoms with van der Waals surface area (Å²) in [6.45, 7) is 1.02. The fraction of sp³-hybridized carbons (Fsp3) is 0.267. The third kappa shape index (κ3) is 1.96. The van der Waals surface area contributed by atoms with E-state index in [1.807, 2.05) is 30.3 Å². The third-order valence-electron chi connectivity index (χ3n) is 3.66. The molecule has 0 radical (unpaired) electrons. The van der Waals surface area contributed by atoms with E-state index in [2.05, 4.69) is 20.4 Å². The van der Waals surface area contributed by atoms with Crippen molar-refractivity contribution in [2.75, 3.05) is 6.54 Å². The van der Waals surface area contributed by atoms with Gasteiger partial charge in [0.05, 0.1) is 11.6 Å². The van der Waals surface area contributed by atoms with Gasteiger partial charge in [0.15, 0.2) is 0 Å². The topological polar surface area (TPSA) is 63.8 Å². The molecule has 1 aliphatic heterocycles. The number of hydrogen-bond donors (Lipinski definition) is 1. The van der Waals surface area contributed by atoms with Crippen LogP contribution in [0.2, 0.25) is 0 Å². The standard InChI is InChI=1S/C15H14N4O/c1-3-10-9-11(5-6-12(10)16-7-1)14-18-15(20-19-14)13-4-2-8-17-13/h1,3,5-7,9,13,17H,2,4,8H2/t13-/m0/s1. The van der Waals surface area contributed by atoms with Crippen molar-refractivity contribution in [3.05, 3.63) is 42.4 Å². The molecule has 1 saturated heterocycles. The molecule has 2 aromatic heterocycles. The molecule has 5 heteroatoms. The minimum Gasteiger partial charge on any atom is -0.337 e. The molecular weight excluding hydrogens is 252 g/mol. The van der Waals surface area contributed by atoms with Gasteiger partial charge in [0.1, 0.15) is 0 Å². The minimum atomic E-state index is 0.207. The molecule has 20 heavy (non-hydrogen) atoms. The van der Waals surface area contributed by atoms with Gasteiger partial charge in [-0.3, -0.25) is 4.98 Å². The lowest BCUT2D eigenvalue weighted by Gasteiger charge is -2.01. The van der Waals surface area contributed by atoms with Gasteiger partial charge >= 0.3 is 0 Å². The Labute approximate surface area is 116 Å². The van der Waals surface area contributed by atoms with Crippen LogP contribution in [0.15, 0.2) is 41.1 Å². The Kier molecular flexibility index (Phi) is 2.70. The summed E-state index contributed by atoms with van der Waals surface area (Å²) in [6.07, 6.45) is 4.01. The number of rotatable bonds is 2. The van der Waals surface area contributed by atoms with Crippen molar-refractivity contribution in [2.45, 2.75) is 18.9 Å². The van der Waals surface area contributed by atoms with E-state index in [1.54, 1.807) is 6.20 Å². The normalized spacial score (nSPS) is 18.7. The van der Waals surface area contributed by atoms with Gasteiger partial charge in [0, 0.05) is 17.1 Å². The van der Waals surface area contributed by atoms with Gasteiger partial charge in [0.25, 0.3) is 0 Å². The van der Waals surface area contributed by atoms with Crippen molar-refractivity contribution in [3.8, 4) is 11.4 Å². The maximum Gasteiger partial charge on any atom is 0.244 e. The Hall–Kier alpha value is -2.27. The number of hydrogen-bond acceptors (Lipinski definition) is 5. The minimum absolute atomic E-state index is 0.207. The van der Waals surface area contributed by atoms with Gasteiger partial charge < -0.3 is 9.84 Å². The molecule has 0 amide bonds. The Morgan fingerprint density at radius 1 is 1.25 bits per heavy atom. The molecule has 3 aromatic rings. The van der Waals surface area contributed by atoms with Crippen molar-refractivity contribution in [1.82, 2.24) is 20.4 Å². The van der Waals surface area contributed by atoms with Crippen LogP contribution in [0, 0.1) is 0 Å². The molecule has 1 atom stereocenters. The molecule has 1 aliphatic rings. The van der Waals surface area contributed by atoms with Crippen LogP contribution in [0.5, 0.6) is 0 Å². The lowest BCUT2D eigenvalue weighted by Crippen LogP contribution is -2.12. The molecule has 0 saturated carbocycles. The molecule has 0 aliphatic carbocycles. The smallest absolute Gasteiger partial charge is 0.244 e. The molecule has 0 bridgehead atoms. The Bertz CT molecular complexity index is 746. The third-order valence-corrected chi connectivity index (χ3v) is 3.66. The zero-order valence-electron chi connectivity index (χ0n) is 10.9. The van der Waals surface area contributed by atoms with E-state index in [-0.39, 0.29) is 6.04 Å². The van der Waals surface area contributed by atoms with Crippen molar-refractivity contribution in [2.24, 2.45) is 0 Å². The van der Waals surface area contributed by atoms with Gasteiger partial charge in [-0.25, -0.2) is 0 Å². The molecule has 1 aromatic carbocycles. The average molecular weight is 266 g/mol. The fourth-order valence-electron chi connectivity index (χ4n) is 2.60. The largest absolute Gasteiger partial charge is 0.337 e. The summed E-state index contributed by atoms with van der Waals surface area (Å²) in [7, 11) is 0. The van der Waals surface area contributed by atoms with E-state index in [0.29, 0.717) is 11.7 Å². The summed E-state index contributed by atoms with van der Waals surface area (Å²) in [5, 5.41) is 8.53. The Morgan fingerprint density at radius 3 is 3.15 bits per heavy atom. The van der Waals surface area contributed by atoms with Crippen molar-refractivity contribution in [3.63, 3.8) is 0 Å². The zero-order valence-corrected chi connectivity index (χ0v) is 10.9. The summed E-state index contributed by atoms with van der Waals surface area (Å²) >= 11 is 0. The molecule has 1 fully saturated rings. The van der Waals surface area contributed by atoms with Gasteiger partial charge in [-0.1, -0.05) is 11.2 Å². The lowest BCUT2D eigenvalue weighted by molar-refractivity contribution is 0.345. The van der Waals surface area contributed by atoms with Crippen LogP contribution in [0.3, 0.4) is 0 Å². The number of aromatic nitrogens is 3. The van der Waals surface area contributed by atoms with Gasteiger partial charge in [-0.15, -0.1) is 0 Å². The van der Waals surface area contributed by atoms with E-state index >= 15 is 0 Å². The summed E-state index contributed by atoms with van der Waals surface area (Å²) in [5.41, 5.74) is 1.93. The van der Waals surface area contributed by atoms with Crippen LogP contribution >= 0.6 is 0 Å². The highest BCUT2D eigenvalue weighted by Gasteiger charge is 2.22. The molecule has 0 spiro atoms. The summed E-state index contributed by atoms with van der Waals surface area (Å²) in [5.74, 6) is 1.32. The van der Waals surface area contributed by atoms with Crippen LogP contribution in [0.1, 0.15) is 24.8 Å². The monoisotopic (exact) mass is 266 g/mol. The second-order valence-electron chi connectivity index (χ2n) is 5.02. The average Bonchev–Trinajstić information content (AvgIpc) is 3.17. The number of benzene rings is 1. The van der Waals surface area contributed by atoms with Crippen molar-refractivity contribution >= 4 is 10.9 Å². The van der Waals surface area contributed by atoms with Crippen LogP contribution in [0.4, 0.5) is 0 Å². The number of nitrogens with one attached hydrogen (secondary N) is 1. The summed E-state index contributed by atoms with van der Waals surface area (Å²) in [6, 6.07) is 10.2. The Morgan fingerprint density at radius 2 is 2.25 bits per heavy atom. The van der Waals surface area contributed by atoms with Gasteiger partial charge in [-0.2, -0.15) is 4.98 Å². The molecule has 5 nitrogen and oxygen atoms in total. The van der Waals surface area contributed by atoms with Crippen LogP contribution in [0.25, 0.3) is 22.3 Å². The van der Waals surface area contributed by atoms with Gasteiger partial charge in [0.2, 0.25) is 11.7 Å². The fourth-order valence-corrected chi connectivity index (χ4v) is 2.60. The van der Waals surface area contributed by atoms with Gasteiger partial charge in [-0.05, 0) is 43.7 Å². The van der Waals surface area contributed by atoms with E-state index in [4.69, 9.17) is 4.52 Å². The van der Waals surface area contributed by atoms with Crippen LogP contribution in [-0.2, 0) is 0 Å². The van der Waals surface area contributed by atoms with Crippen LogP contribution < -0.4 is 5.32 Å². The first-order valence-corrected chi connectivity index (χ1v) is 6.82. The first-order valence-electron chi connectivity index (χ1n) is 6.82. The molecule has 1 N–H and O–H groups in total. The number of nitrogens with zero attached hydrogens (tertiary/aromatic N) is 3. The summed E-state index contributed by atoms with van der Waals surface area (Å²) in [4.78, 5) is 8.82. The first kappa shape index (κ1) is 11.5. The zero-order chi connectivity index (χ0) is 13.4. The quantitative estimate of drug-likeness (QED) is 0.772. The van der Waals surface area contributed by atoms with E-state index in [9.17, 15) is 0 Å². The molecule has 100 valence electrons. The number of fused-ring (bicyclic) bond motifs is 1. The van der Waals surface area contributed by atoms with Crippen molar-refractivity contribution in [1.29, 1.82) is 0 Å². The second kappa shape index (κ2) is 4.68.